The summed E-state index contributed by atoms with van der Waals surface area (Å²) in [5.74, 6) is 0. The smallest absolute Gasteiger partial charge is 0.298 e. The highest BCUT2D eigenvalue weighted by atomic mass is 16.4. The van der Waals surface area contributed by atoms with E-state index in [0.717, 1.165) is 42.3 Å². The van der Waals surface area contributed by atoms with Crippen LogP contribution in [0.25, 0.3) is 16.8 Å². The van der Waals surface area contributed by atoms with Crippen LogP contribution in [-0.2, 0) is 6.42 Å². The van der Waals surface area contributed by atoms with Crippen LogP contribution in [0.4, 0.5) is 6.01 Å². The summed E-state index contributed by atoms with van der Waals surface area (Å²) in [4.78, 5) is 7.02. The number of hydrogen-bond donors (Lipinski definition) is 1. The van der Waals surface area contributed by atoms with Crippen molar-refractivity contribution in [1.82, 2.24) is 20.1 Å². The van der Waals surface area contributed by atoms with Gasteiger partial charge in [-0.05, 0) is 36.6 Å². The number of piperidine rings is 1. The zero-order chi connectivity index (χ0) is 15.4. The number of nitrogens with one attached hydrogen (secondary N) is 1. The Balaban J connectivity index is 1.62. The molecule has 5 heterocycles. The zero-order valence-corrected chi connectivity index (χ0v) is 13.1. The van der Waals surface area contributed by atoms with E-state index in [9.17, 15) is 0 Å². The minimum atomic E-state index is 0.584. The molecule has 3 saturated heterocycles. The highest BCUT2D eigenvalue weighted by Crippen LogP contribution is 2.31. The maximum atomic E-state index is 6.16. The van der Waals surface area contributed by atoms with Gasteiger partial charge in [0, 0.05) is 37.6 Å². The van der Waals surface area contributed by atoms with Crippen molar-refractivity contribution in [2.45, 2.75) is 31.8 Å². The van der Waals surface area contributed by atoms with E-state index >= 15 is 0 Å². The molecule has 6 heteroatoms. The molecule has 118 valence electrons. The van der Waals surface area contributed by atoms with Crippen molar-refractivity contribution in [3.8, 4) is 5.69 Å². The number of hydrogen-bond acceptors (Lipinski definition) is 5. The fourth-order valence-corrected chi connectivity index (χ4v) is 3.65. The molecule has 0 radical (unpaired) electrons. The summed E-state index contributed by atoms with van der Waals surface area (Å²) >= 11 is 0. The van der Waals surface area contributed by atoms with Crippen molar-refractivity contribution in [2.75, 3.05) is 18.0 Å². The summed E-state index contributed by atoms with van der Waals surface area (Å²) < 4.78 is 8.01. The Labute approximate surface area is 134 Å². The van der Waals surface area contributed by atoms with Gasteiger partial charge in [-0.2, -0.15) is 10.1 Å². The molecule has 0 saturated carbocycles. The predicted octanol–water partition coefficient (Wildman–Crippen LogP) is 2.13. The summed E-state index contributed by atoms with van der Waals surface area (Å²) in [6, 6.07) is 8.09. The Morgan fingerprint density at radius 1 is 1.30 bits per heavy atom. The fourth-order valence-electron chi connectivity index (χ4n) is 3.65. The number of rotatable bonds is 3. The SMILES string of the molecule is CCc1cc(-n2cccn2)c2oc(N3CC4CC(C3)N4)nc2c1. The molecule has 1 aromatic carbocycles. The van der Waals surface area contributed by atoms with Gasteiger partial charge in [-0.25, -0.2) is 4.68 Å². The maximum Gasteiger partial charge on any atom is 0.298 e. The maximum absolute atomic E-state index is 6.16. The first-order chi connectivity index (χ1) is 11.3. The molecule has 2 unspecified atom stereocenters. The largest absolute Gasteiger partial charge is 0.421 e. The second-order valence-corrected chi connectivity index (χ2v) is 6.47. The van der Waals surface area contributed by atoms with E-state index in [1.807, 2.05) is 16.9 Å². The van der Waals surface area contributed by atoms with Gasteiger partial charge in [-0.15, -0.1) is 0 Å². The van der Waals surface area contributed by atoms with Crippen molar-refractivity contribution in [1.29, 1.82) is 0 Å². The molecular formula is C17H19N5O. The molecule has 1 N–H and O–H groups in total. The number of aromatic nitrogens is 3. The second kappa shape index (κ2) is 4.83. The van der Waals surface area contributed by atoms with E-state index in [1.54, 1.807) is 6.20 Å². The third kappa shape index (κ3) is 2.05. The van der Waals surface area contributed by atoms with Gasteiger partial charge in [0.2, 0.25) is 0 Å². The first kappa shape index (κ1) is 13.1. The summed E-state index contributed by atoms with van der Waals surface area (Å²) in [5.41, 5.74) is 3.93. The molecule has 0 amide bonds. The highest BCUT2D eigenvalue weighted by molar-refractivity contribution is 5.84. The van der Waals surface area contributed by atoms with E-state index in [2.05, 4.69) is 34.4 Å². The van der Waals surface area contributed by atoms with Gasteiger partial charge in [-0.1, -0.05) is 6.92 Å². The van der Waals surface area contributed by atoms with E-state index in [1.165, 1.54) is 12.0 Å². The number of oxazole rings is 1. The molecule has 6 nitrogen and oxygen atoms in total. The van der Waals surface area contributed by atoms with Crippen molar-refractivity contribution in [3.63, 3.8) is 0 Å². The number of anilines is 1. The van der Waals surface area contributed by atoms with Crippen LogP contribution in [0.1, 0.15) is 18.9 Å². The summed E-state index contributed by atoms with van der Waals surface area (Å²) in [6.45, 7) is 4.10. The molecule has 3 aromatic rings. The molecule has 2 aromatic heterocycles. The number of benzene rings is 1. The van der Waals surface area contributed by atoms with E-state index in [-0.39, 0.29) is 0 Å². The third-order valence-electron chi connectivity index (χ3n) is 4.87. The van der Waals surface area contributed by atoms with Crippen molar-refractivity contribution < 1.29 is 4.42 Å². The van der Waals surface area contributed by atoms with Crippen molar-refractivity contribution in [3.05, 3.63) is 36.2 Å². The van der Waals surface area contributed by atoms with Gasteiger partial charge < -0.3 is 14.6 Å². The highest BCUT2D eigenvalue weighted by Gasteiger charge is 2.38. The summed E-state index contributed by atoms with van der Waals surface area (Å²) in [7, 11) is 0. The van der Waals surface area contributed by atoms with Crippen LogP contribution in [-0.4, -0.2) is 39.9 Å². The molecule has 0 spiro atoms. The third-order valence-corrected chi connectivity index (χ3v) is 4.87. The number of piperazine rings is 1. The van der Waals surface area contributed by atoms with Gasteiger partial charge in [0.15, 0.2) is 5.58 Å². The standard InChI is InChI=1S/C17H19N5O/c1-2-11-6-14-16(15(7-11)22-5-3-4-18-22)23-17(20-14)21-9-12-8-13(10-21)19-12/h3-7,12-13,19H,2,8-10H2,1H3. The number of aryl methyl sites for hydroxylation is 1. The second-order valence-electron chi connectivity index (χ2n) is 6.47. The predicted molar refractivity (Wildman–Crippen MR) is 88.1 cm³/mol. The lowest BCUT2D eigenvalue weighted by Crippen LogP contribution is -2.67. The average molecular weight is 309 g/mol. The lowest BCUT2D eigenvalue weighted by molar-refractivity contribution is 0.220. The first-order valence-corrected chi connectivity index (χ1v) is 8.24. The van der Waals surface area contributed by atoms with Crippen LogP contribution in [0.5, 0.6) is 0 Å². The monoisotopic (exact) mass is 309 g/mol. The van der Waals surface area contributed by atoms with Gasteiger partial charge in [-0.3, -0.25) is 0 Å². The number of fused-ring (bicyclic) bond motifs is 3. The normalized spacial score (nSPS) is 23.3. The van der Waals surface area contributed by atoms with Gasteiger partial charge >= 0.3 is 0 Å². The minimum Gasteiger partial charge on any atom is -0.421 e. The molecule has 6 rings (SSSR count). The Hall–Kier alpha value is -2.34. The lowest BCUT2D eigenvalue weighted by Gasteiger charge is -2.47. The molecule has 23 heavy (non-hydrogen) atoms. The van der Waals surface area contributed by atoms with E-state index in [4.69, 9.17) is 9.40 Å². The molecule has 3 aliphatic heterocycles. The van der Waals surface area contributed by atoms with Crippen LogP contribution in [0.15, 0.2) is 35.0 Å². The molecule has 3 fully saturated rings. The van der Waals surface area contributed by atoms with Gasteiger partial charge in [0.25, 0.3) is 6.01 Å². The van der Waals surface area contributed by atoms with E-state index in [0.29, 0.717) is 12.1 Å². The molecule has 0 aliphatic carbocycles. The molecule has 2 atom stereocenters. The zero-order valence-electron chi connectivity index (χ0n) is 13.1. The van der Waals surface area contributed by atoms with Crippen molar-refractivity contribution in [2.24, 2.45) is 0 Å². The van der Waals surface area contributed by atoms with Crippen molar-refractivity contribution >= 4 is 17.1 Å². The average Bonchev–Trinajstić information content (AvgIpc) is 3.22. The Morgan fingerprint density at radius 2 is 2.13 bits per heavy atom. The Kier molecular flexibility index (Phi) is 2.76. The Morgan fingerprint density at radius 3 is 2.83 bits per heavy atom. The number of nitrogens with zero attached hydrogens (tertiary/aromatic N) is 4. The quantitative estimate of drug-likeness (QED) is 0.803. The van der Waals surface area contributed by atoms with Gasteiger partial charge in [0.1, 0.15) is 11.2 Å². The van der Waals surface area contributed by atoms with Gasteiger partial charge in [0.05, 0.1) is 0 Å². The van der Waals surface area contributed by atoms with E-state index < -0.39 is 0 Å². The van der Waals surface area contributed by atoms with Crippen LogP contribution in [0.3, 0.4) is 0 Å². The van der Waals surface area contributed by atoms with Crippen LogP contribution in [0.2, 0.25) is 0 Å². The van der Waals surface area contributed by atoms with Crippen LogP contribution >= 0.6 is 0 Å². The molecule has 3 aliphatic rings. The Bertz CT molecular complexity index is 837. The van der Waals surface area contributed by atoms with Crippen LogP contribution in [0, 0.1) is 0 Å². The lowest BCUT2D eigenvalue weighted by atomic mass is 9.92. The topological polar surface area (TPSA) is 59.1 Å². The summed E-state index contributed by atoms with van der Waals surface area (Å²) in [5, 5.41) is 7.90. The van der Waals surface area contributed by atoms with Crippen LogP contribution < -0.4 is 10.2 Å². The molecule has 2 bridgehead atoms. The minimum absolute atomic E-state index is 0.584. The first-order valence-electron chi connectivity index (χ1n) is 8.24. The molecular weight excluding hydrogens is 290 g/mol. The fraction of sp³-hybridized carbons (Fsp3) is 0.412. The summed E-state index contributed by atoms with van der Waals surface area (Å²) in [6.07, 6.45) is 5.96.